The lowest BCUT2D eigenvalue weighted by molar-refractivity contribution is 0.265. The Balaban J connectivity index is 2.58. The lowest BCUT2D eigenvalue weighted by Crippen LogP contribution is -2.27. The largest absolute Gasteiger partial charge is 0.151 e. The predicted molar refractivity (Wildman–Crippen MR) is 46.3 cm³/mol. The van der Waals surface area contributed by atoms with Crippen molar-refractivity contribution in [1.82, 2.24) is 0 Å². The SMILES string of the molecule is C=C[C@H]1CCC[C@H](N=O)[C@H]1C. The van der Waals surface area contributed by atoms with E-state index in [1.165, 1.54) is 6.42 Å². The van der Waals surface area contributed by atoms with Gasteiger partial charge in [-0.15, -0.1) is 6.58 Å². The maximum absolute atomic E-state index is 10.3. The number of hydrogen-bond acceptors (Lipinski definition) is 2. The van der Waals surface area contributed by atoms with Gasteiger partial charge in [0.15, 0.2) is 0 Å². The molecule has 0 aromatic carbocycles. The fourth-order valence-electron chi connectivity index (χ4n) is 1.86. The molecule has 0 spiro atoms. The van der Waals surface area contributed by atoms with Gasteiger partial charge in [-0.3, -0.25) is 0 Å². The molecule has 1 aliphatic rings. The van der Waals surface area contributed by atoms with Crippen LogP contribution in [0, 0.1) is 16.7 Å². The highest BCUT2D eigenvalue weighted by atomic mass is 16.3. The zero-order valence-corrected chi connectivity index (χ0v) is 6.99. The van der Waals surface area contributed by atoms with Crippen LogP contribution in [0.4, 0.5) is 0 Å². The molecule has 0 bridgehead atoms. The summed E-state index contributed by atoms with van der Waals surface area (Å²) in [7, 11) is 0. The molecule has 0 unspecified atom stereocenters. The average molecular weight is 153 g/mol. The minimum absolute atomic E-state index is 0.0340. The van der Waals surface area contributed by atoms with Crippen molar-refractivity contribution in [1.29, 1.82) is 0 Å². The second kappa shape index (κ2) is 3.65. The smallest absolute Gasteiger partial charge is 0.0950 e. The Kier molecular flexibility index (Phi) is 2.80. The zero-order valence-electron chi connectivity index (χ0n) is 6.99. The van der Waals surface area contributed by atoms with Crippen LogP contribution in [-0.2, 0) is 0 Å². The Labute approximate surface area is 67.7 Å². The summed E-state index contributed by atoms with van der Waals surface area (Å²) < 4.78 is 0. The maximum Gasteiger partial charge on any atom is 0.0950 e. The van der Waals surface area contributed by atoms with Crippen LogP contribution in [0.15, 0.2) is 17.8 Å². The van der Waals surface area contributed by atoms with Gasteiger partial charge in [-0.2, -0.15) is 4.91 Å². The van der Waals surface area contributed by atoms with Gasteiger partial charge in [0.25, 0.3) is 0 Å². The van der Waals surface area contributed by atoms with Gasteiger partial charge in [-0.1, -0.05) is 24.6 Å². The second-order valence-corrected chi connectivity index (χ2v) is 3.36. The highest BCUT2D eigenvalue weighted by molar-refractivity contribution is 4.92. The van der Waals surface area contributed by atoms with E-state index >= 15 is 0 Å². The first-order valence-corrected chi connectivity index (χ1v) is 4.24. The van der Waals surface area contributed by atoms with Crippen LogP contribution < -0.4 is 0 Å². The molecule has 2 nitrogen and oxygen atoms in total. The van der Waals surface area contributed by atoms with Crippen LogP contribution >= 0.6 is 0 Å². The van der Waals surface area contributed by atoms with Gasteiger partial charge in [0.05, 0.1) is 6.04 Å². The summed E-state index contributed by atoms with van der Waals surface area (Å²) in [6, 6.07) is 0.0340. The van der Waals surface area contributed by atoms with Gasteiger partial charge in [-0.05, 0) is 24.7 Å². The van der Waals surface area contributed by atoms with Crippen molar-refractivity contribution >= 4 is 0 Å². The number of rotatable bonds is 2. The normalized spacial score (nSPS) is 38.1. The van der Waals surface area contributed by atoms with Crippen molar-refractivity contribution in [2.45, 2.75) is 32.2 Å². The molecule has 0 amide bonds. The van der Waals surface area contributed by atoms with Crippen LogP contribution in [-0.4, -0.2) is 6.04 Å². The minimum atomic E-state index is 0.0340. The highest BCUT2D eigenvalue weighted by Gasteiger charge is 2.28. The van der Waals surface area contributed by atoms with Crippen LogP contribution in [0.5, 0.6) is 0 Å². The first kappa shape index (κ1) is 8.44. The molecule has 1 fully saturated rings. The summed E-state index contributed by atoms with van der Waals surface area (Å²) in [6.45, 7) is 5.85. The third-order valence-corrected chi connectivity index (χ3v) is 2.76. The highest BCUT2D eigenvalue weighted by Crippen LogP contribution is 2.32. The van der Waals surface area contributed by atoms with E-state index < -0.39 is 0 Å². The van der Waals surface area contributed by atoms with Gasteiger partial charge in [0.2, 0.25) is 0 Å². The first-order valence-electron chi connectivity index (χ1n) is 4.24. The van der Waals surface area contributed by atoms with E-state index in [1.807, 2.05) is 6.08 Å². The van der Waals surface area contributed by atoms with E-state index in [9.17, 15) is 4.91 Å². The Morgan fingerprint density at radius 3 is 2.82 bits per heavy atom. The summed E-state index contributed by atoms with van der Waals surface area (Å²) in [5.74, 6) is 0.908. The molecule has 1 saturated carbocycles. The number of allylic oxidation sites excluding steroid dienone is 1. The van der Waals surface area contributed by atoms with E-state index in [-0.39, 0.29) is 6.04 Å². The quantitative estimate of drug-likeness (QED) is 0.443. The van der Waals surface area contributed by atoms with Crippen LogP contribution in [0.2, 0.25) is 0 Å². The van der Waals surface area contributed by atoms with Crippen molar-refractivity contribution in [3.8, 4) is 0 Å². The Bertz CT molecular complexity index is 140. The zero-order chi connectivity index (χ0) is 8.27. The Morgan fingerprint density at radius 1 is 1.55 bits per heavy atom. The first-order chi connectivity index (χ1) is 5.29. The molecule has 62 valence electrons. The lowest BCUT2D eigenvalue weighted by Gasteiger charge is -2.29. The van der Waals surface area contributed by atoms with E-state index in [2.05, 4.69) is 18.7 Å². The van der Waals surface area contributed by atoms with Gasteiger partial charge < -0.3 is 0 Å². The van der Waals surface area contributed by atoms with E-state index in [0.29, 0.717) is 11.8 Å². The summed E-state index contributed by atoms with van der Waals surface area (Å²) in [5, 5.41) is 3.13. The molecule has 0 aromatic rings. The molecule has 0 aromatic heterocycles. The van der Waals surface area contributed by atoms with Crippen molar-refractivity contribution in [3.05, 3.63) is 17.6 Å². The van der Waals surface area contributed by atoms with Gasteiger partial charge >= 0.3 is 0 Å². The second-order valence-electron chi connectivity index (χ2n) is 3.36. The number of hydrogen-bond donors (Lipinski definition) is 0. The maximum atomic E-state index is 10.3. The summed E-state index contributed by atoms with van der Waals surface area (Å²) >= 11 is 0. The summed E-state index contributed by atoms with van der Waals surface area (Å²) in [6.07, 6.45) is 5.23. The Morgan fingerprint density at radius 2 is 2.27 bits per heavy atom. The standard InChI is InChI=1S/C9H15NO/c1-3-8-5-4-6-9(10-11)7(8)2/h3,7-9H,1,4-6H2,2H3/t7-,8-,9-/m0/s1. The molecule has 1 aliphatic carbocycles. The topological polar surface area (TPSA) is 29.4 Å². The molecule has 0 heterocycles. The Hall–Kier alpha value is -0.660. The van der Waals surface area contributed by atoms with E-state index in [4.69, 9.17) is 0 Å². The lowest BCUT2D eigenvalue weighted by atomic mass is 9.77. The predicted octanol–water partition coefficient (Wildman–Crippen LogP) is 2.74. The fourth-order valence-corrected chi connectivity index (χ4v) is 1.86. The molecular weight excluding hydrogens is 138 g/mol. The van der Waals surface area contributed by atoms with Crippen molar-refractivity contribution in [2.24, 2.45) is 17.0 Å². The molecular formula is C9H15NO. The van der Waals surface area contributed by atoms with E-state index in [0.717, 1.165) is 12.8 Å². The molecule has 0 saturated heterocycles. The molecule has 0 aliphatic heterocycles. The third kappa shape index (κ3) is 1.67. The van der Waals surface area contributed by atoms with Gasteiger partial charge in [0.1, 0.15) is 0 Å². The third-order valence-electron chi connectivity index (χ3n) is 2.76. The summed E-state index contributed by atoms with van der Waals surface area (Å²) in [4.78, 5) is 10.3. The monoisotopic (exact) mass is 153 g/mol. The molecule has 2 heteroatoms. The van der Waals surface area contributed by atoms with Crippen LogP contribution in [0.1, 0.15) is 26.2 Å². The molecule has 11 heavy (non-hydrogen) atoms. The van der Waals surface area contributed by atoms with Crippen molar-refractivity contribution in [2.75, 3.05) is 0 Å². The van der Waals surface area contributed by atoms with Crippen LogP contribution in [0.3, 0.4) is 0 Å². The van der Waals surface area contributed by atoms with E-state index in [1.54, 1.807) is 0 Å². The van der Waals surface area contributed by atoms with Gasteiger partial charge in [0, 0.05) is 0 Å². The number of nitroso groups, excluding NO2 is 1. The summed E-state index contributed by atoms with van der Waals surface area (Å²) in [5.41, 5.74) is 0. The average Bonchev–Trinajstić information content (AvgIpc) is 2.05. The van der Waals surface area contributed by atoms with Crippen molar-refractivity contribution < 1.29 is 0 Å². The molecule has 3 atom stereocenters. The molecule has 1 rings (SSSR count). The van der Waals surface area contributed by atoms with Gasteiger partial charge in [-0.25, -0.2) is 0 Å². The molecule has 0 radical (unpaired) electrons. The van der Waals surface area contributed by atoms with Crippen molar-refractivity contribution in [3.63, 3.8) is 0 Å². The fraction of sp³-hybridized carbons (Fsp3) is 0.778. The number of nitrogens with zero attached hydrogens (tertiary/aromatic N) is 1. The van der Waals surface area contributed by atoms with Crippen LogP contribution in [0.25, 0.3) is 0 Å². The minimum Gasteiger partial charge on any atom is -0.151 e. The molecule has 0 N–H and O–H groups in total.